The van der Waals surface area contributed by atoms with Gasteiger partial charge in [-0.1, -0.05) is 37.3 Å². The van der Waals surface area contributed by atoms with E-state index in [-0.39, 0.29) is 5.91 Å². The number of nitrogens with zero attached hydrogens (tertiary/aromatic N) is 1. The van der Waals surface area contributed by atoms with E-state index in [1.54, 1.807) is 7.05 Å². The van der Waals surface area contributed by atoms with Gasteiger partial charge in [0.2, 0.25) is 5.91 Å². The predicted octanol–water partition coefficient (Wildman–Crippen LogP) is 2.09. The van der Waals surface area contributed by atoms with E-state index >= 15 is 0 Å². The third kappa shape index (κ3) is 8.86. The van der Waals surface area contributed by atoms with E-state index in [9.17, 15) is 4.79 Å². The number of rotatable bonds is 9. The van der Waals surface area contributed by atoms with Crippen LogP contribution in [0.3, 0.4) is 0 Å². The molecule has 0 bridgehead atoms. The lowest BCUT2D eigenvalue weighted by Gasteiger charge is -2.18. The minimum Gasteiger partial charge on any atom is -0.356 e. The van der Waals surface area contributed by atoms with E-state index in [4.69, 9.17) is 0 Å². The molecule has 1 unspecified atom stereocenters. The van der Waals surface area contributed by atoms with Gasteiger partial charge >= 0.3 is 0 Å². The number of aryl methyl sites for hydroxylation is 1. The summed E-state index contributed by atoms with van der Waals surface area (Å²) in [7, 11) is 1.75. The van der Waals surface area contributed by atoms with Crippen LogP contribution in [0.25, 0.3) is 0 Å². The van der Waals surface area contributed by atoms with E-state index < -0.39 is 0 Å². The largest absolute Gasteiger partial charge is 0.356 e. The summed E-state index contributed by atoms with van der Waals surface area (Å²) >= 11 is 0. The lowest BCUT2D eigenvalue weighted by atomic mass is 10.1. The van der Waals surface area contributed by atoms with Crippen molar-refractivity contribution in [1.29, 1.82) is 0 Å². The number of benzene rings is 1. The number of carbonyl (C=O) groups is 1. The Morgan fingerprint density at radius 1 is 1.17 bits per heavy atom. The van der Waals surface area contributed by atoms with Crippen LogP contribution in [0.5, 0.6) is 0 Å². The first kappa shape index (κ1) is 19.0. The Kier molecular flexibility index (Phi) is 9.52. The number of aliphatic imine (C=N–C) groups is 1. The standard InChI is InChI=1S/C18H30N4O/c1-4-13-20-17(23)12-14-21-18(19-3)22-15(2)10-11-16-8-6-5-7-9-16/h5-9,15H,4,10-14H2,1-3H3,(H,20,23)(H2,19,21,22). The van der Waals surface area contributed by atoms with Crippen LogP contribution in [0.1, 0.15) is 38.7 Å². The van der Waals surface area contributed by atoms with Crippen molar-refractivity contribution >= 4 is 11.9 Å². The molecule has 0 heterocycles. The van der Waals surface area contributed by atoms with E-state index in [0.29, 0.717) is 19.0 Å². The normalized spacial score (nSPS) is 12.6. The SMILES string of the molecule is CCCNC(=O)CCNC(=NC)NC(C)CCc1ccccc1. The molecular weight excluding hydrogens is 288 g/mol. The maximum atomic E-state index is 11.5. The van der Waals surface area contributed by atoms with Gasteiger partial charge in [-0.2, -0.15) is 0 Å². The second-order valence-corrected chi connectivity index (χ2v) is 5.67. The van der Waals surface area contributed by atoms with Crippen molar-refractivity contribution in [2.45, 2.75) is 45.6 Å². The van der Waals surface area contributed by atoms with Gasteiger partial charge in [0.1, 0.15) is 0 Å². The molecule has 0 aliphatic heterocycles. The third-order valence-corrected chi connectivity index (χ3v) is 3.53. The van der Waals surface area contributed by atoms with E-state index in [0.717, 1.165) is 31.8 Å². The molecule has 1 aromatic carbocycles. The average Bonchev–Trinajstić information content (AvgIpc) is 2.58. The molecule has 3 N–H and O–H groups in total. The smallest absolute Gasteiger partial charge is 0.221 e. The highest BCUT2D eigenvalue weighted by Gasteiger charge is 2.06. The summed E-state index contributed by atoms with van der Waals surface area (Å²) < 4.78 is 0. The van der Waals surface area contributed by atoms with Crippen molar-refractivity contribution in [2.75, 3.05) is 20.1 Å². The van der Waals surface area contributed by atoms with Crippen LogP contribution in [-0.2, 0) is 11.2 Å². The number of guanidine groups is 1. The number of hydrogen-bond donors (Lipinski definition) is 3. The molecule has 5 nitrogen and oxygen atoms in total. The number of nitrogens with one attached hydrogen (secondary N) is 3. The first-order valence-corrected chi connectivity index (χ1v) is 8.43. The summed E-state index contributed by atoms with van der Waals surface area (Å²) in [5.74, 6) is 0.820. The monoisotopic (exact) mass is 318 g/mol. The summed E-state index contributed by atoms with van der Waals surface area (Å²) in [6.07, 6.45) is 3.48. The molecule has 1 aromatic rings. The lowest BCUT2D eigenvalue weighted by molar-refractivity contribution is -0.120. The zero-order chi connectivity index (χ0) is 16.9. The maximum Gasteiger partial charge on any atom is 0.221 e. The van der Waals surface area contributed by atoms with Gasteiger partial charge in [-0.15, -0.1) is 0 Å². The quantitative estimate of drug-likeness (QED) is 0.482. The van der Waals surface area contributed by atoms with Crippen LogP contribution < -0.4 is 16.0 Å². The molecule has 1 atom stereocenters. The van der Waals surface area contributed by atoms with Gasteiger partial charge in [0.25, 0.3) is 0 Å². The number of carbonyl (C=O) groups excluding carboxylic acids is 1. The summed E-state index contributed by atoms with van der Waals surface area (Å²) in [5.41, 5.74) is 1.34. The van der Waals surface area contributed by atoms with E-state index in [1.165, 1.54) is 5.56 Å². The van der Waals surface area contributed by atoms with Crippen LogP contribution in [0.15, 0.2) is 35.3 Å². The van der Waals surface area contributed by atoms with Gasteiger partial charge in [-0.25, -0.2) is 0 Å². The molecule has 0 aliphatic rings. The minimum absolute atomic E-state index is 0.0759. The maximum absolute atomic E-state index is 11.5. The Morgan fingerprint density at radius 3 is 2.57 bits per heavy atom. The summed E-state index contributed by atoms with van der Waals surface area (Å²) in [6, 6.07) is 10.8. The molecule has 0 saturated heterocycles. The molecule has 0 spiro atoms. The lowest BCUT2D eigenvalue weighted by Crippen LogP contribution is -2.43. The molecule has 0 aromatic heterocycles. The van der Waals surface area contributed by atoms with Crippen LogP contribution in [-0.4, -0.2) is 38.0 Å². The van der Waals surface area contributed by atoms with Gasteiger partial charge in [-0.05, 0) is 31.7 Å². The predicted molar refractivity (Wildman–Crippen MR) is 96.6 cm³/mol. The molecule has 1 rings (SSSR count). The highest BCUT2D eigenvalue weighted by molar-refractivity contribution is 5.81. The van der Waals surface area contributed by atoms with Gasteiger partial charge < -0.3 is 16.0 Å². The van der Waals surface area contributed by atoms with Crippen molar-refractivity contribution in [2.24, 2.45) is 4.99 Å². The van der Waals surface area contributed by atoms with Crippen molar-refractivity contribution in [1.82, 2.24) is 16.0 Å². The van der Waals surface area contributed by atoms with Crippen molar-refractivity contribution < 1.29 is 4.79 Å². The molecule has 128 valence electrons. The fraction of sp³-hybridized carbons (Fsp3) is 0.556. The van der Waals surface area contributed by atoms with Crippen LogP contribution >= 0.6 is 0 Å². The summed E-state index contributed by atoms with van der Waals surface area (Å²) in [5, 5.41) is 9.41. The van der Waals surface area contributed by atoms with Gasteiger partial charge in [0.05, 0.1) is 0 Å². The first-order valence-electron chi connectivity index (χ1n) is 8.43. The fourth-order valence-corrected chi connectivity index (χ4v) is 2.18. The molecule has 0 aliphatic carbocycles. The molecule has 0 saturated carbocycles. The van der Waals surface area contributed by atoms with Gasteiger partial charge in [-0.3, -0.25) is 9.79 Å². The van der Waals surface area contributed by atoms with Crippen LogP contribution in [0.4, 0.5) is 0 Å². The van der Waals surface area contributed by atoms with Crippen molar-refractivity contribution in [3.05, 3.63) is 35.9 Å². The van der Waals surface area contributed by atoms with E-state index in [2.05, 4.69) is 52.1 Å². The topological polar surface area (TPSA) is 65.5 Å². The molecule has 0 radical (unpaired) electrons. The van der Waals surface area contributed by atoms with Crippen molar-refractivity contribution in [3.63, 3.8) is 0 Å². The summed E-state index contributed by atoms with van der Waals surface area (Å²) in [4.78, 5) is 15.7. The van der Waals surface area contributed by atoms with Gasteiger partial charge in [0.15, 0.2) is 5.96 Å². The second kappa shape index (κ2) is 11.5. The second-order valence-electron chi connectivity index (χ2n) is 5.67. The zero-order valence-corrected chi connectivity index (χ0v) is 14.6. The molecule has 5 heteroatoms. The Bertz CT molecular complexity index is 473. The van der Waals surface area contributed by atoms with Gasteiger partial charge in [0, 0.05) is 32.6 Å². The molecule has 23 heavy (non-hydrogen) atoms. The third-order valence-electron chi connectivity index (χ3n) is 3.53. The highest BCUT2D eigenvalue weighted by atomic mass is 16.1. The van der Waals surface area contributed by atoms with Crippen molar-refractivity contribution in [3.8, 4) is 0 Å². The fourth-order valence-electron chi connectivity index (χ4n) is 2.18. The molecular formula is C18H30N4O. The Labute approximate surface area is 140 Å². The Hall–Kier alpha value is -2.04. The molecule has 0 fully saturated rings. The zero-order valence-electron chi connectivity index (χ0n) is 14.6. The summed E-state index contributed by atoms with van der Waals surface area (Å²) in [6.45, 7) is 5.51. The van der Waals surface area contributed by atoms with E-state index in [1.807, 2.05) is 13.0 Å². The molecule has 1 amide bonds. The van der Waals surface area contributed by atoms with Crippen LogP contribution in [0.2, 0.25) is 0 Å². The van der Waals surface area contributed by atoms with Crippen LogP contribution in [0, 0.1) is 0 Å². The Morgan fingerprint density at radius 2 is 1.91 bits per heavy atom. The number of amides is 1. The highest BCUT2D eigenvalue weighted by Crippen LogP contribution is 2.04. The number of hydrogen-bond acceptors (Lipinski definition) is 2. The first-order chi connectivity index (χ1) is 11.2. The average molecular weight is 318 g/mol. The Balaban J connectivity index is 2.23. The minimum atomic E-state index is 0.0759.